The zero-order chi connectivity index (χ0) is 8.69. The fourth-order valence-electron chi connectivity index (χ4n) is 0.499. The van der Waals surface area contributed by atoms with Gasteiger partial charge in [-0.3, -0.25) is 0 Å². The summed E-state index contributed by atoms with van der Waals surface area (Å²) in [4.78, 5) is 10.2. The summed E-state index contributed by atoms with van der Waals surface area (Å²) in [5.41, 5.74) is 0. The van der Waals surface area contributed by atoms with Gasteiger partial charge in [0.15, 0.2) is 6.10 Å². The minimum absolute atomic E-state index is 0.335. The highest BCUT2D eigenvalue weighted by Gasteiger charge is 2.09. The molecule has 4 heteroatoms. The molecular weight excluding hydrogens is 148 g/mol. The first kappa shape index (κ1) is 10.4. The highest BCUT2D eigenvalue weighted by molar-refractivity contribution is 5.71. The van der Waals surface area contributed by atoms with E-state index < -0.39 is 12.1 Å². The second-order valence-corrected chi connectivity index (χ2v) is 2.05. The Balaban J connectivity index is 3.17. The minimum Gasteiger partial charge on any atom is -0.479 e. The molecule has 0 radical (unpaired) electrons. The first-order valence-electron chi connectivity index (χ1n) is 3.60. The fraction of sp³-hybridized carbons (Fsp3) is 0.857. The molecule has 1 N–H and O–H groups in total. The minimum atomic E-state index is -0.943. The summed E-state index contributed by atoms with van der Waals surface area (Å²) >= 11 is 0. The molecule has 0 rings (SSSR count). The summed E-state index contributed by atoms with van der Waals surface area (Å²) < 4.78 is 9.83. The molecule has 0 aliphatic carbocycles. The van der Waals surface area contributed by atoms with Crippen LogP contribution < -0.4 is 0 Å². The molecule has 1 unspecified atom stereocenters. The third kappa shape index (κ3) is 5.82. The summed E-state index contributed by atoms with van der Waals surface area (Å²) in [6, 6.07) is 0. The number of ether oxygens (including phenoxy) is 2. The maximum atomic E-state index is 10.2. The van der Waals surface area contributed by atoms with Crippen LogP contribution in [0.1, 0.15) is 13.8 Å². The predicted molar refractivity (Wildman–Crippen MR) is 39.5 cm³/mol. The topological polar surface area (TPSA) is 55.8 Å². The Labute approximate surface area is 66.1 Å². The Kier molecular flexibility index (Phi) is 5.78. The molecule has 11 heavy (non-hydrogen) atoms. The summed E-state index contributed by atoms with van der Waals surface area (Å²) in [5, 5.41) is 8.37. The SMILES string of the molecule is CCOCCOC(C)C(=O)O. The second-order valence-electron chi connectivity index (χ2n) is 2.05. The van der Waals surface area contributed by atoms with Crippen LogP contribution in [-0.2, 0) is 14.3 Å². The van der Waals surface area contributed by atoms with Crippen molar-refractivity contribution in [3.05, 3.63) is 0 Å². The normalized spacial score (nSPS) is 12.9. The molecule has 0 amide bonds. The number of aliphatic carboxylic acids is 1. The van der Waals surface area contributed by atoms with E-state index >= 15 is 0 Å². The Morgan fingerprint density at radius 1 is 1.55 bits per heavy atom. The maximum Gasteiger partial charge on any atom is 0.332 e. The highest BCUT2D eigenvalue weighted by Crippen LogP contribution is 1.89. The third-order valence-electron chi connectivity index (χ3n) is 1.15. The van der Waals surface area contributed by atoms with Crippen LogP contribution in [0.4, 0.5) is 0 Å². The Hall–Kier alpha value is -0.610. The maximum absolute atomic E-state index is 10.2. The largest absolute Gasteiger partial charge is 0.479 e. The highest BCUT2D eigenvalue weighted by atomic mass is 16.5. The molecule has 4 nitrogen and oxygen atoms in total. The van der Waals surface area contributed by atoms with E-state index in [2.05, 4.69) is 0 Å². The molecule has 0 aromatic rings. The van der Waals surface area contributed by atoms with E-state index in [9.17, 15) is 4.79 Å². The molecular formula is C7H14O4. The van der Waals surface area contributed by atoms with Gasteiger partial charge in [0.05, 0.1) is 13.2 Å². The van der Waals surface area contributed by atoms with Crippen molar-refractivity contribution < 1.29 is 19.4 Å². The van der Waals surface area contributed by atoms with E-state index in [4.69, 9.17) is 14.6 Å². The number of hydrogen-bond acceptors (Lipinski definition) is 3. The summed E-state index contributed by atoms with van der Waals surface area (Å²) in [5.74, 6) is -0.943. The lowest BCUT2D eigenvalue weighted by Crippen LogP contribution is -2.21. The molecule has 66 valence electrons. The zero-order valence-electron chi connectivity index (χ0n) is 6.87. The van der Waals surface area contributed by atoms with Gasteiger partial charge in [-0.2, -0.15) is 0 Å². The van der Waals surface area contributed by atoms with Crippen LogP contribution in [-0.4, -0.2) is 37.0 Å². The van der Waals surface area contributed by atoms with Gasteiger partial charge >= 0.3 is 5.97 Å². The van der Waals surface area contributed by atoms with E-state index in [-0.39, 0.29) is 0 Å². The van der Waals surface area contributed by atoms with E-state index in [1.807, 2.05) is 6.92 Å². The van der Waals surface area contributed by atoms with Gasteiger partial charge in [-0.05, 0) is 13.8 Å². The van der Waals surface area contributed by atoms with Gasteiger partial charge in [-0.15, -0.1) is 0 Å². The van der Waals surface area contributed by atoms with Gasteiger partial charge in [-0.25, -0.2) is 4.79 Å². The van der Waals surface area contributed by atoms with Crippen LogP contribution in [0.2, 0.25) is 0 Å². The Bertz CT molecular complexity index is 113. The van der Waals surface area contributed by atoms with Gasteiger partial charge in [0.25, 0.3) is 0 Å². The summed E-state index contributed by atoms with van der Waals surface area (Å²) in [6.07, 6.45) is -0.740. The molecule has 0 fully saturated rings. The summed E-state index contributed by atoms with van der Waals surface area (Å²) in [7, 11) is 0. The van der Waals surface area contributed by atoms with Crippen LogP contribution in [0.25, 0.3) is 0 Å². The van der Waals surface area contributed by atoms with Crippen molar-refractivity contribution in [2.24, 2.45) is 0 Å². The molecule has 0 saturated heterocycles. The molecule has 0 saturated carbocycles. The van der Waals surface area contributed by atoms with E-state index in [1.54, 1.807) is 0 Å². The van der Waals surface area contributed by atoms with Crippen LogP contribution in [0.15, 0.2) is 0 Å². The van der Waals surface area contributed by atoms with Crippen molar-refractivity contribution in [1.29, 1.82) is 0 Å². The lowest BCUT2D eigenvalue weighted by molar-refractivity contribution is -0.149. The van der Waals surface area contributed by atoms with Crippen molar-refractivity contribution in [3.8, 4) is 0 Å². The van der Waals surface area contributed by atoms with Crippen molar-refractivity contribution in [1.82, 2.24) is 0 Å². The van der Waals surface area contributed by atoms with Gasteiger partial charge in [-0.1, -0.05) is 0 Å². The van der Waals surface area contributed by atoms with Crippen molar-refractivity contribution in [2.45, 2.75) is 20.0 Å². The van der Waals surface area contributed by atoms with Crippen molar-refractivity contribution in [2.75, 3.05) is 19.8 Å². The third-order valence-corrected chi connectivity index (χ3v) is 1.15. The molecule has 0 aromatic heterocycles. The molecule has 1 atom stereocenters. The van der Waals surface area contributed by atoms with E-state index in [1.165, 1.54) is 6.92 Å². The number of hydrogen-bond donors (Lipinski definition) is 1. The number of carboxylic acid groups (broad SMARTS) is 1. The average Bonchev–Trinajstić information content (AvgIpc) is 1.97. The molecule has 0 heterocycles. The Morgan fingerprint density at radius 2 is 2.18 bits per heavy atom. The quantitative estimate of drug-likeness (QED) is 0.578. The van der Waals surface area contributed by atoms with Crippen LogP contribution in [0.3, 0.4) is 0 Å². The van der Waals surface area contributed by atoms with Gasteiger partial charge in [0.2, 0.25) is 0 Å². The molecule has 0 aliphatic heterocycles. The van der Waals surface area contributed by atoms with Crippen LogP contribution in [0.5, 0.6) is 0 Å². The monoisotopic (exact) mass is 162 g/mol. The molecule has 0 aliphatic rings. The van der Waals surface area contributed by atoms with Gasteiger partial charge < -0.3 is 14.6 Å². The predicted octanol–water partition coefficient (Wildman–Crippen LogP) is 0.513. The molecule has 0 spiro atoms. The number of carboxylic acids is 1. The molecule has 0 bridgehead atoms. The molecule has 0 aromatic carbocycles. The lowest BCUT2D eigenvalue weighted by atomic mass is 10.4. The summed E-state index contributed by atoms with van der Waals surface area (Å²) in [6.45, 7) is 4.79. The fourth-order valence-corrected chi connectivity index (χ4v) is 0.499. The smallest absolute Gasteiger partial charge is 0.332 e. The Morgan fingerprint density at radius 3 is 2.64 bits per heavy atom. The standard InChI is InChI=1S/C7H14O4/c1-3-10-4-5-11-6(2)7(8)9/h6H,3-5H2,1-2H3,(H,8,9). The van der Waals surface area contributed by atoms with E-state index in [0.29, 0.717) is 19.8 Å². The van der Waals surface area contributed by atoms with Gasteiger partial charge in [0, 0.05) is 6.61 Å². The lowest BCUT2D eigenvalue weighted by Gasteiger charge is -2.07. The van der Waals surface area contributed by atoms with Gasteiger partial charge in [0.1, 0.15) is 0 Å². The first-order chi connectivity index (χ1) is 5.18. The van der Waals surface area contributed by atoms with E-state index in [0.717, 1.165) is 0 Å². The average molecular weight is 162 g/mol. The number of carbonyl (C=O) groups is 1. The van der Waals surface area contributed by atoms with Crippen LogP contribution >= 0.6 is 0 Å². The second kappa shape index (κ2) is 6.12. The number of rotatable bonds is 6. The van der Waals surface area contributed by atoms with Crippen molar-refractivity contribution >= 4 is 5.97 Å². The van der Waals surface area contributed by atoms with Crippen molar-refractivity contribution in [3.63, 3.8) is 0 Å². The van der Waals surface area contributed by atoms with Crippen LogP contribution in [0, 0.1) is 0 Å². The zero-order valence-corrected chi connectivity index (χ0v) is 6.87. The first-order valence-corrected chi connectivity index (χ1v) is 3.60.